The van der Waals surface area contributed by atoms with E-state index >= 15 is 0 Å². The molecule has 0 saturated heterocycles. The highest BCUT2D eigenvalue weighted by Crippen LogP contribution is 2.33. The summed E-state index contributed by atoms with van der Waals surface area (Å²) in [4.78, 5) is 16.3. The van der Waals surface area contributed by atoms with Gasteiger partial charge in [-0.05, 0) is 11.1 Å². The Morgan fingerprint density at radius 1 is 1.10 bits per heavy atom. The molecule has 3 aromatic carbocycles. The minimum Gasteiger partial charge on any atom is -0.467 e. The van der Waals surface area contributed by atoms with Gasteiger partial charge >= 0.3 is 0 Å². The highest BCUT2D eigenvalue weighted by Gasteiger charge is 2.22. The van der Waals surface area contributed by atoms with Crippen LogP contribution in [0, 0.1) is 10.1 Å². The van der Waals surface area contributed by atoms with E-state index in [9.17, 15) is 10.1 Å². The van der Waals surface area contributed by atoms with Crippen LogP contribution in [-0.2, 0) is 22.8 Å². The molecule has 0 atom stereocenters. The van der Waals surface area contributed by atoms with Gasteiger partial charge in [-0.25, -0.2) is 0 Å². The molecule has 0 aliphatic carbocycles. The van der Waals surface area contributed by atoms with Crippen molar-refractivity contribution in [3.05, 3.63) is 105 Å². The summed E-state index contributed by atoms with van der Waals surface area (Å²) < 4.78 is 10.8. The minimum atomic E-state index is -0.461. The lowest BCUT2D eigenvalue weighted by Crippen LogP contribution is -2.23. The monoisotopic (exact) mass is 419 g/mol. The van der Waals surface area contributed by atoms with E-state index in [4.69, 9.17) is 20.0 Å². The predicted molar refractivity (Wildman–Crippen MR) is 115 cm³/mol. The predicted octanol–water partition coefficient (Wildman–Crippen LogP) is 4.08. The van der Waals surface area contributed by atoms with Crippen LogP contribution in [0.5, 0.6) is 5.75 Å². The van der Waals surface area contributed by atoms with Gasteiger partial charge in [0.25, 0.3) is 5.69 Å². The molecule has 8 heteroatoms. The minimum absolute atomic E-state index is 0.0268. The summed E-state index contributed by atoms with van der Waals surface area (Å²) in [6, 6.07) is 22.4. The number of hydrogen-bond acceptors (Lipinski definition) is 6. The van der Waals surface area contributed by atoms with Crippen molar-refractivity contribution in [2.45, 2.75) is 19.1 Å². The Morgan fingerprint density at radius 3 is 2.35 bits per heavy atom. The summed E-state index contributed by atoms with van der Waals surface area (Å²) in [7, 11) is 0. The van der Waals surface area contributed by atoms with E-state index in [0.717, 1.165) is 11.1 Å². The van der Waals surface area contributed by atoms with Crippen LogP contribution in [-0.4, -0.2) is 17.6 Å². The van der Waals surface area contributed by atoms with Crippen molar-refractivity contribution in [3.63, 3.8) is 0 Å². The Balaban J connectivity index is 1.59. The first kappa shape index (κ1) is 20.4. The van der Waals surface area contributed by atoms with Crippen molar-refractivity contribution in [3.8, 4) is 5.75 Å². The second-order valence-corrected chi connectivity index (χ2v) is 7.00. The van der Waals surface area contributed by atoms with Crippen LogP contribution in [0.4, 0.5) is 5.69 Å². The molecule has 0 spiro atoms. The lowest BCUT2D eigenvalue weighted by Gasteiger charge is -2.20. The topological polar surface area (TPSA) is 109 Å². The molecule has 1 heterocycles. The summed E-state index contributed by atoms with van der Waals surface area (Å²) >= 11 is 0. The second-order valence-electron chi connectivity index (χ2n) is 7.00. The fraction of sp³-hybridized carbons (Fsp3) is 0.174. The third-order valence-electron chi connectivity index (χ3n) is 4.93. The number of ether oxygens (including phenoxy) is 2. The Hall–Kier alpha value is -3.91. The van der Waals surface area contributed by atoms with Crippen molar-refractivity contribution in [1.29, 1.82) is 0 Å². The molecule has 0 saturated carbocycles. The number of hydrogen-bond donors (Lipinski definition) is 1. The average Bonchev–Trinajstić information content (AvgIpc) is 2.80. The van der Waals surface area contributed by atoms with E-state index in [0.29, 0.717) is 16.9 Å². The van der Waals surface area contributed by atoms with Crippen LogP contribution in [0.25, 0.3) is 0 Å². The number of rotatable bonds is 7. The first-order valence-electron chi connectivity index (χ1n) is 9.69. The Bertz CT molecular complexity index is 1050. The standard InChI is InChI=1S/C23H21N3O5/c24-23(21(16-7-3-1-4-8-16)17-9-5-2-6-10-17)25-31-14-19-12-20(26(27)28)11-18-13-29-15-30-22(18)19/h1-12,21H,13-15H2,(H2,24,25). The van der Waals surface area contributed by atoms with Crippen LogP contribution < -0.4 is 10.5 Å². The maximum atomic E-state index is 11.3. The first-order chi connectivity index (χ1) is 15.1. The van der Waals surface area contributed by atoms with Gasteiger partial charge in [0.15, 0.2) is 12.6 Å². The molecule has 1 aliphatic heterocycles. The zero-order chi connectivity index (χ0) is 21.6. The Labute approximate surface area is 179 Å². The number of oxime groups is 1. The van der Waals surface area contributed by atoms with Crippen LogP contribution in [0.15, 0.2) is 78.0 Å². The van der Waals surface area contributed by atoms with Gasteiger partial charge in [-0.1, -0.05) is 65.8 Å². The molecule has 1 aliphatic rings. The quantitative estimate of drug-likeness (QED) is 0.267. The van der Waals surface area contributed by atoms with Gasteiger partial charge in [0.05, 0.1) is 17.4 Å². The Morgan fingerprint density at radius 2 is 1.74 bits per heavy atom. The molecule has 0 unspecified atom stereocenters. The zero-order valence-corrected chi connectivity index (χ0v) is 16.6. The van der Waals surface area contributed by atoms with E-state index in [1.807, 2.05) is 60.7 Å². The second kappa shape index (κ2) is 9.27. The fourth-order valence-electron chi connectivity index (χ4n) is 3.55. The number of amidine groups is 1. The molecule has 0 fully saturated rings. The Kier molecular flexibility index (Phi) is 6.09. The van der Waals surface area contributed by atoms with Gasteiger partial charge in [0.2, 0.25) is 0 Å². The third kappa shape index (κ3) is 4.65. The molecule has 8 nitrogen and oxygen atoms in total. The lowest BCUT2D eigenvalue weighted by molar-refractivity contribution is -0.385. The summed E-state index contributed by atoms with van der Waals surface area (Å²) in [6.45, 7) is 0.286. The molecule has 158 valence electrons. The molecule has 0 aromatic heterocycles. The number of fused-ring (bicyclic) bond motifs is 1. The lowest BCUT2D eigenvalue weighted by atomic mass is 9.90. The van der Waals surface area contributed by atoms with Crippen LogP contribution >= 0.6 is 0 Å². The van der Waals surface area contributed by atoms with E-state index in [2.05, 4.69) is 5.16 Å². The van der Waals surface area contributed by atoms with Crippen LogP contribution in [0.2, 0.25) is 0 Å². The summed E-state index contributed by atoms with van der Waals surface area (Å²) in [5, 5.41) is 15.4. The van der Waals surface area contributed by atoms with Crippen LogP contribution in [0.1, 0.15) is 28.2 Å². The van der Waals surface area contributed by atoms with E-state index in [-0.39, 0.29) is 37.4 Å². The number of nitrogens with two attached hydrogens (primary N) is 1. The van der Waals surface area contributed by atoms with Gasteiger partial charge in [0.1, 0.15) is 12.4 Å². The summed E-state index contributed by atoms with van der Waals surface area (Å²) in [5.74, 6) is 0.514. The smallest absolute Gasteiger partial charge is 0.270 e. The fourth-order valence-corrected chi connectivity index (χ4v) is 3.55. The first-order valence-corrected chi connectivity index (χ1v) is 9.69. The number of nitro groups is 1. The summed E-state index contributed by atoms with van der Waals surface area (Å²) in [5.41, 5.74) is 9.34. The largest absolute Gasteiger partial charge is 0.467 e. The third-order valence-corrected chi connectivity index (χ3v) is 4.93. The maximum Gasteiger partial charge on any atom is 0.270 e. The highest BCUT2D eigenvalue weighted by atomic mass is 16.7. The molecule has 3 aromatic rings. The van der Waals surface area contributed by atoms with Gasteiger partial charge in [0, 0.05) is 23.3 Å². The molecule has 2 N–H and O–H groups in total. The van der Waals surface area contributed by atoms with Crippen molar-refractivity contribution >= 4 is 11.5 Å². The van der Waals surface area contributed by atoms with Crippen molar-refractivity contribution in [2.24, 2.45) is 10.9 Å². The van der Waals surface area contributed by atoms with Gasteiger partial charge in [-0.15, -0.1) is 0 Å². The maximum absolute atomic E-state index is 11.3. The van der Waals surface area contributed by atoms with E-state index in [1.54, 1.807) is 0 Å². The normalized spacial score (nSPS) is 13.4. The van der Waals surface area contributed by atoms with Gasteiger partial charge in [-0.3, -0.25) is 10.1 Å². The summed E-state index contributed by atoms with van der Waals surface area (Å²) in [6.07, 6.45) is 0. The number of non-ortho nitro benzene ring substituents is 1. The SMILES string of the molecule is N/C(=N/OCc1cc([N+](=O)[O-])cc2c1OCOC2)C(c1ccccc1)c1ccccc1. The molecule has 0 bridgehead atoms. The van der Waals surface area contributed by atoms with E-state index in [1.165, 1.54) is 12.1 Å². The van der Waals surface area contributed by atoms with Crippen molar-refractivity contribution in [1.82, 2.24) is 0 Å². The highest BCUT2D eigenvalue weighted by molar-refractivity contribution is 5.90. The molecular formula is C23H21N3O5. The molecule has 31 heavy (non-hydrogen) atoms. The molecular weight excluding hydrogens is 398 g/mol. The van der Waals surface area contributed by atoms with Gasteiger partial charge in [-0.2, -0.15) is 0 Å². The van der Waals surface area contributed by atoms with E-state index < -0.39 is 4.92 Å². The number of nitrogens with zero attached hydrogens (tertiary/aromatic N) is 2. The molecule has 4 rings (SSSR count). The van der Waals surface area contributed by atoms with Crippen molar-refractivity contribution in [2.75, 3.05) is 6.79 Å². The number of benzene rings is 3. The van der Waals surface area contributed by atoms with Crippen molar-refractivity contribution < 1.29 is 19.2 Å². The van der Waals surface area contributed by atoms with Crippen LogP contribution in [0.3, 0.4) is 0 Å². The zero-order valence-electron chi connectivity index (χ0n) is 16.6. The van der Waals surface area contributed by atoms with Gasteiger partial charge < -0.3 is 20.0 Å². The molecule has 0 amide bonds. The average molecular weight is 419 g/mol. The number of nitro benzene ring substituents is 1. The molecule has 0 radical (unpaired) electrons.